The minimum atomic E-state index is -0.629. The monoisotopic (exact) mass is 264 g/mol. The van der Waals surface area contributed by atoms with E-state index >= 15 is 0 Å². The third-order valence-electron chi connectivity index (χ3n) is 2.59. The molecule has 0 bridgehead atoms. The second-order valence-corrected chi connectivity index (χ2v) is 3.90. The Kier molecular flexibility index (Phi) is 3.03. The van der Waals surface area contributed by atoms with Gasteiger partial charge in [-0.1, -0.05) is 0 Å². The van der Waals surface area contributed by atoms with Gasteiger partial charge in [-0.05, 0) is 13.8 Å². The van der Waals surface area contributed by atoms with Crippen molar-refractivity contribution < 1.29 is 9.66 Å². The molecule has 0 aromatic carbocycles. The summed E-state index contributed by atoms with van der Waals surface area (Å²) in [6, 6.07) is 0. The van der Waals surface area contributed by atoms with Crippen LogP contribution in [0, 0.1) is 24.0 Å². The SMILES string of the molecule is Cc1nn(C)c(C)c1Oc1nc(N)ncc1[N+](=O)[O-]. The fraction of sp³-hybridized carbons (Fsp3) is 0.300. The van der Waals surface area contributed by atoms with Crippen molar-refractivity contribution in [3.63, 3.8) is 0 Å². The van der Waals surface area contributed by atoms with Gasteiger partial charge in [0.2, 0.25) is 5.95 Å². The quantitative estimate of drug-likeness (QED) is 0.650. The van der Waals surface area contributed by atoms with E-state index in [1.165, 1.54) is 0 Å². The highest BCUT2D eigenvalue weighted by atomic mass is 16.6. The zero-order valence-corrected chi connectivity index (χ0v) is 10.6. The summed E-state index contributed by atoms with van der Waals surface area (Å²) in [5, 5.41) is 15.0. The van der Waals surface area contributed by atoms with Gasteiger partial charge in [0.1, 0.15) is 11.9 Å². The van der Waals surface area contributed by atoms with Crippen LogP contribution in [-0.4, -0.2) is 24.7 Å². The van der Waals surface area contributed by atoms with Crippen molar-refractivity contribution >= 4 is 11.6 Å². The number of nitrogen functional groups attached to an aromatic ring is 1. The van der Waals surface area contributed by atoms with Crippen LogP contribution < -0.4 is 10.5 Å². The summed E-state index contributed by atoms with van der Waals surface area (Å²) in [4.78, 5) is 17.6. The van der Waals surface area contributed by atoms with E-state index in [2.05, 4.69) is 15.1 Å². The number of nitrogens with two attached hydrogens (primary N) is 1. The minimum absolute atomic E-state index is 0.0974. The lowest BCUT2D eigenvalue weighted by molar-refractivity contribution is -0.386. The zero-order valence-electron chi connectivity index (χ0n) is 10.6. The van der Waals surface area contributed by atoms with Crippen LogP contribution in [0.1, 0.15) is 11.4 Å². The third kappa shape index (κ3) is 2.30. The van der Waals surface area contributed by atoms with Crippen molar-refractivity contribution in [2.24, 2.45) is 7.05 Å². The Balaban J connectivity index is 2.48. The predicted octanol–water partition coefficient (Wildman–Crippen LogP) is 1.11. The van der Waals surface area contributed by atoms with E-state index < -0.39 is 4.92 Å². The van der Waals surface area contributed by atoms with Crippen molar-refractivity contribution in [2.75, 3.05) is 5.73 Å². The maximum Gasteiger partial charge on any atom is 0.349 e. The van der Waals surface area contributed by atoms with E-state index in [0.717, 1.165) is 11.9 Å². The molecular weight excluding hydrogens is 252 g/mol. The van der Waals surface area contributed by atoms with Crippen molar-refractivity contribution in [1.82, 2.24) is 19.7 Å². The summed E-state index contributed by atoms with van der Waals surface area (Å²) >= 11 is 0. The van der Waals surface area contributed by atoms with Gasteiger partial charge < -0.3 is 10.5 Å². The molecule has 9 heteroatoms. The molecule has 0 aliphatic rings. The number of hydrogen-bond acceptors (Lipinski definition) is 7. The number of nitro groups is 1. The van der Waals surface area contributed by atoms with Crippen molar-refractivity contribution in [2.45, 2.75) is 13.8 Å². The van der Waals surface area contributed by atoms with Crippen LogP contribution >= 0.6 is 0 Å². The number of rotatable bonds is 3. The first-order chi connectivity index (χ1) is 8.90. The molecule has 2 aromatic heterocycles. The van der Waals surface area contributed by atoms with Crippen LogP contribution in [0.25, 0.3) is 0 Å². The molecule has 0 unspecified atom stereocenters. The van der Waals surface area contributed by atoms with Gasteiger partial charge in [0.25, 0.3) is 0 Å². The lowest BCUT2D eigenvalue weighted by Gasteiger charge is -2.05. The van der Waals surface area contributed by atoms with Crippen LogP contribution in [0.4, 0.5) is 11.6 Å². The molecule has 0 aliphatic carbocycles. The molecule has 19 heavy (non-hydrogen) atoms. The van der Waals surface area contributed by atoms with E-state index in [4.69, 9.17) is 10.5 Å². The van der Waals surface area contributed by atoms with Gasteiger partial charge in [0.15, 0.2) is 5.75 Å². The van der Waals surface area contributed by atoms with Crippen molar-refractivity contribution in [3.8, 4) is 11.6 Å². The standard InChI is InChI=1S/C10H12N6O3/c1-5-8(6(2)15(3)14-5)19-9-7(16(17)18)4-12-10(11)13-9/h4H,1-3H3,(H2,11,12,13). The van der Waals surface area contributed by atoms with Gasteiger partial charge in [0, 0.05) is 7.05 Å². The molecule has 2 heterocycles. The fourth-order valence-electron chi connectivity index (χ4n) is 1.57. The van der Waals surface area contributed by atoms with Crippen molar-refractivity contribution in [1.29, 1.82) is 0 Å². The first-order valence-electron chi connectivity index (χ1n) is 5.35. The van der Waals surface area contributed by atoms with Gasteiger partial charge in [0.05, 0.1) is 10.6 Å². The number of aromatic nitrogens is 4. The molecule has 0 fully saturated rings. The van der Waals surface area contributed by atoms with Gasteiger partial charge in [-0.15, -0.1) is 0 Å². The number of aryl methyl sites for hydroxylation is 2. The smallest absolute Gasteiger partial charge is 0.349 e. The molecule has 0 amide bonds. The average Bonchev–Trinajstić information content (AvgIpc) is 2.56. The van der Waals surface area contributed by atoms with Gasteiger partial charge in [-0.25, -0.2) is 4.98 Å². The fourth-order valence-corrected chi connectivity index (χ4v) is 1.57. The van der Waals surface area contributed by atoms with Crippen LogP contribution in [0.2, 0.25) is 0 Å². The molecule has 0 saturated heterocycles. The van der Waals surface area contributed by atoms with Gasteiger partial charge in [-0.3, -0.25) is 14.8 Å². The minimum Gasteiger partial charge on any atom is -0.430 e. The highest BCUT2D eigenvalue weighted by molar-refractivity contribution is 5.45. The third-order valence-corrected chi connectivity index (χ3v) is 2.59. The molecule has 0 radical (unpaired) electrons. The van der Waals surface area contributed by atoms with E-state index in [1.54, 1.807) is 25.6 Å². The molecule has 0 saturated carbocycles. The van der Waals surface area contributed by atoms with Crippen LogP contribution in [0.5, 0.6) is 11.6 Å². The maximum atomic E-state index is 10.9. The van der Waals surface area contributed by atoms with Crippen LogP contribution in [0.15, 0.2) is 6.20 Å². The summed E-state index contributed by atoms with van der Waals surface area (Å²) in [5.74, 6) is 0.125. The van der Waals surface area contributed by atoms with E-state index in [9.17, 15) is 10.1 Å². The number of hydrogen-bond donors (Lipinski definition) is 1. The van der Waals surface area contributed by atoms with Crippen molar-refractivity contribution in [3.05, 3.63) is 27.7 Å². The summed E-state index contributed by atoms with van der Waals surface area (Å²) in [6.45, 7) is 3.52. The Morgan fingerprint density at radius 3 is 2.68 bits per heavy atom. The predicted molar refractivity (Wildman–Crippen MR) is 65.9 cm³/mol. The highest BCUT2D eigenvalue weighted by Crippen LogP contribution is 2.32. The number of anilines is 1. The Morgan fingerprint density at radius 1 is 1.47 bits per heavy atom. The molecule has 0 atom stereocenters. The summed E-state index contributed by atoms with van der Waals surface area (Å²) in [7, 11) is 1.75. The summed E-state index contributed by atoms with van der Waals surface area (Å²) in [5.41, 5.74) is 6.40. The molecule has 9 nitrogen and oxygen atoms in total. The topological polar surface area (TPSA) is 122 Å². The lowest BCUT2D eigenvalue weighted by Crippen LogP contribution is -2.02. The molecule has 2 rings (SSSR count). The van der Waals surface area contributed by atoms with E-state index in [0.29, 0.717) is 11.4 Å². The molecule has 100 valence electrons. The molecule has 2 N–H and O–H groups in total. The first kappa shape index (κ1) is 12.7. The van der Waals surface area contributed by atoms with Gasteiger partial charge >= 0.3 is 11.6 Å². The Morgan fingerprint density at radius 2 is 2.16 bits per heavy atom. The Bertz CT molecular complexity index is 651. The van der Waals surface area contributed by atoms with Crippen LogP contribution in [-0.2, 0) is 7.05 Å². The number of nitrogens with zero attached hydrogens (tertiary/aromatic N) is 5. The number of ether oxygens (including phenoxy) is 1. The molecular formula is C10H12N6O3. The first-order valence-corrected chi connectivity index (χ1v) is 5.35. The Hall–Kier alpha value is -2.71. The summed E-state index contributed by atoms with van der Waals surface area (Å²) in [6.07, 6.45) is 1.01. The second-order valence-electron chi connectivity index (χ2n) is 3.90. The largest absolute Gasteiger partial charge is 0.430 e. The lowest BCUT2D eigenvalue weighted by atomic mass is 10.3. The maximum absolute atomic E-state index is 10.9. The average molecular weight is 264 g/mol. The second kappa shape index (κ2) is 4.52. The highest BCUT2D eigenvalue weighted by Gasteiger charge is 2.22. The molecule has 2 aromatic rings. The van der Waals surface area contributed by atoms with E-state index in [1.807, 2.05) is 0 Å². The molecule has 0 spiro atoms. The normalized spacial score (nSPS) is 10.5. The van der Waals surface area contributed by atoms with Gasteiger partial charge in [-0.2, -0.15) is 10.1 Å². The van der Waals surface area contributed by atoms with E-state index in [-0.39, 0.29) is 17.5 Å². The summed E-state index contributed by atoms with van der Waals surface area (Å²) < 4.78 is 7.09. The Labute approximate surface area is 108 Å². The van der Waals surface area contributed by atoms with Crippen LogP contribution in [0.3, 0.4) is 0 Å². The molecule has 0 aliphatic heterocycles. The zero-order chi connectivity index (χ0) is 14.2.